The first-order valence-corrected chi connectivity index (χ1v) is 4.63. The number of nitrogens with zero attached hydrogens (tertiary/aromatic N) is 1. The molecule has 4 heteroatoms. The Morgan fingerprint density at radius 2 is 2.31 bits per heavy atom. The molecule has 1 aromatic heterocycles. The van der Waals surface area contributed by atoms with Crippen molar-refractivity contribution in [1.29, 1.82) is 0 Å². The molecule has 0 aliphatic carbocycles. The van der Waals surface area contributed by atoms with Gasteiger partial charge in [0.15, 0.2) is 0 Å². The Labute approximate surface area is 77.7 Å². The normalized spacial score (nSPS) is 23.4. The Morgan fingerprint density at radius 3 is 2.85 bits per heavy atom. The van der Waals surface area contributed by atoms with Crippen LogP contribution < -0.4 is 5.32 Å². The number of aromatic amines is 1. The Morgan fingerprint density at radius 1 is 1.46 bits per heavy atom. The predicted octanol–water partition coefficient (Wildman–Crippen LogP) is 0.687. The van der Waals surface area contributed by atoms with E-state index in [0.29, 0.717) is 0 Å². The van der Waals surface area contributed by atoms with E-state index >= 15 is 0 Å². The van der Waals surface area contributed by atoms with Crippen molar-refractivity contribution in [2.24, 2.45) is 0 Å². The lowest BCUT2D eigenvalue weighted by molar-refractivity contribution is 0.0225. The highest BCUT2D eigenvalue weighted by Gasteiger charge is 2.18. The molecule has 2 N–H and O–H groups in total. The number of H-pyrrole nitrogens is 1. The largest absolute Gasteiger partial charge is 0.368 e. The Kier molecular flexibility index (Phi) is 2.33. The number of imidazole rings is 1. The van der Waals surface area contributed by atoms with Gasteiger partial charge < -0.3 is 15.0 Å². The molecular formula is C9H15N3O. The molecule has 13 heavy (non-hydrogen) atoms. The van der Waals surface area contributed by atoms with Crippen LogP contribution in [0.2, 0.25) is 0 Å². The number of nitrogens with one attached hydrogen (secondary N) is 2. The van der Waals surface area contributed by atoms with E-state index in [1.165, 1.54) is 0 Å². The third-order valence-electron chi connectivity index (χ3n) is 2.38. The van der Waals surface area contributed by atoms with E-state index in [9.17, 15) is 0 Å². The van der Waals surface area contributed by atoms with E-state index in [-0.39, 0.29) is 6.10 Å². The minimum Gasteiger partial charge on any atom is -0.368 e. The molecule has 0 aromatic carbocycles. The van der Waals surface area contributed by atoms with E-state index in [0.717, 1.165) is 36.9 Å². The summed E-state index contributed by atoms with van der Waals surface area (Å²) in [5, 5.41) is 3.28. The van der Waals surface area contributed by atoms with Gasteiger partial charge >= 0.3 is 0 Å². The molecule has 1 atom stereocenters. The number of ether oxygens (including phenoxy) is 1. The van der Waals surface area contributed by atoms with Crippen molar-refractivity contribution in [3.05, 3.63) is 17.2 Å². The smallest absolute Gasteiger partial charge is 0.137 e. The van der Waals surface area contributed by atoms with Gasteiger partial charge in [0, 0.05) is 18.8 Å². The fourth-order valence-corrected chi connectivity index (χ4v) is 1.47. The minimum absolute atomic E-state index is 0.0983. The zero-order chi connectivity index (χ0) is 9.26. The molecule has 1 saturated heterocycles. The maximum absolute atomic E-state index is 5.58. The van der Waals surface area contributed by atoms with Crippen molar-refractivity contribution >= 4 is 0 Å². The third-order valence-corrected chi connectivity index (χ3v) is 2.38. The second-order valence-corrected chi connectivity index (χ2v) is 3.40. The monoisotopic (exact) mass is 181 g/mol. The molecule has 1 aliphatic rings. The quantitative estimate of drug-likeness (QED) is 0.670. The average Bonchev–Trinajstić information content (AvgIpc) is 2.49. The highest BCUT2D eigenvalue weighted by molar-refractivity contribution is 5.12. The number of hydrogen-bond donors (Lipinski definition) is 2. The van der Waals surface area contributed by atoms with Gasteiger partial charge in [-0.15, -0.1) is 0 Å². The fraction of sp³-hybridized carbons (Fsp3) is 0.667. The van der Waals surface area contributed by atoms with Gasteiger partial charge in [0.05, 0.1) is 12.3 Å². The molecule has 2 rings (SSSR count). The lowest BCUT2D eigenvalue weighted by Gasteiger charge is -2.21. The first-order valence-electron chi connectivity index (χ1n) is 4.63. The zero-order valence-electron chi connectivity index (χ0n) is 8.05. The highest BCUT2D eigenvalue weighted by Crippen LogP contribution is 2.16. The van der Waals surface area contributed by atoms with Crippen LogP contribution in [0.25, 0.3) is 0 Å². The molecule has 0 bridgehead atoms. The van der Waals surface area contributed by atoms with E-state index in [1.54, 1.807) is 0 Å². The Bertz CT molecular complexity index is 270. The number of rotatable bonds is 1. The second-order valence-electron chi connectivity index (χ2n) is 3.40. The Balaban J connectivity index is 2.14. The van der Waals surface area contributed by atoms with Crippen LogP contribution >= 0.6 is 0 Å². The van der Waals surface area contributed by atoms with Gasteiger partial charge in [-0.1, -0.05) is 0 Å². The maximum Gasteiger partial charge on any atom is 0.137 e. The maximum atomic E-state index is 5.58. The summed E-state index contributed by atoms with van der Waals surface area (Å²) in [4.78, 5) is 7.65. The molecule has 72 valence electrons. The van der Waals surface area contributed by atoms with E-state index in [2.05, 4.69) is 15.3 Å². The number of aryl methyl sites for hydroxylation is 2. The van der Waals surface area contributed by atoms with Crippen LogP contribution in [0, 0.1) is 13.8 Å². The van der Waals surface area contributed by atoms with Crippen molar-refractivity contribution < 1.29 is 4.74 Å². The summed E-state index contributed by atoms with van der Waals surface area (Å²) in [6.07, 6.45) is 0.0983. The van der Waals surface area contributed by atoms with Crippen LogP contribution in [0.15, 0.2) is 0 Å². The number of morpholine rings is 1. The van der Waals surface area contributed by atoms with E-state index < -0.39 is 0 Å². The number of hydrogen-bond acceptors (Lipinski definition) is 3. The van der Waals surface area contributed by atoms with Crippen LogP contribution in [0.5, 0.6) is 0 Å². The second kappa shape index (κ2) is 3.47. The van der Waals surface area contributed by atoms with Gasteiger partial charge in [-0.2, -0.15) is 0 Å². The molecule has 0 saturated carbocycles. The molecule has 0 spiro atoms. The van der Waals surface area contributed by atoms with Crippen molar-refractivity contribution in [3.8, 4) is 0 Å². The fourth-order valence-electron chi connectivity index (χ4n) is 1.47. The van der Waals surface area contributed by atoms with Crippen LogP contribution in [-0.4, -0.2) is 29.7 Å². The summed E-state index contributed by atoms with van der Waals surface area (Å²) in [5.41, 5.74) is 2.19. The molecule has 1 unspecified atom stereocenters. The van der Waals surface area contributed by atoms with Crippen LogP contribution in [-0.2, 0) is 4.74 Å². The molecular weight excluding hydrogens is 166 g/mol. The molecule has 0 radical (unpaired) electrons. The number of aromatic nitrogens is 2. The van der Waals surface area contributed by atoms with E-state index in [1.807, 2.05) is 13.8 Å². The van der Waals surface area contributed by atoms with Crippen LogP contribution in [0.4, 0.5) is 0 Å². The standard InChI is InChI=1S/C9H15N3O/c1-6-7(2)12-9(11-6)8-5-10-3-4-13-8/h8,10H,3-5H2,1-2H3,(H,11,12). The topological polar surface area (TPSA) is 49.9 Å². The first-order chi connectivity index (χ1) is 6.27. The Hall–Kier alpha value is -0.870. The van der Waals surface area contributed by atoms with Crippen molar-refractivity contribution in [1.82, 2.24) is 15.3 Å². The van der Waals surface area contributed by atoms with Crippen molar-refractivity contribution in [2.45, 2.75) is 20.0 Å². The predicted molar refractivity (Wildman–Crippen MR) is 49.6 cm³/mol. The lowest BCUT2D eigenvalue weighted by atomic mass is 10.3. The lowest BCUT2D eigenvalue weighted by Crippen LogP contribution is -2.33. The summed E-state index contributed by atoms with van der Waals surface area (Å²) in [6.45, 7) is 6.60. The average molecular weight is 181 g/mol. The molecule has 0 amide bonds. The first kappa shape index (κ1) is 8.72. The molecule has 4 nitrogen and oxygen atoms in total. The van der Waals surface area contributed by atoms with Gasteiger partial charge in [-0.3, -0.25) is 0 Å². The molecule has 1 fully saturated rings. The van der Waals surface area contributed by atoms with Crippen molar-refractivity contribution in [2.75, 3.05) is 19.7 Å². The zero-order valence-corrected chi connectivity index (χ0v) is 8.05. The van der Waals surface area contributed by atoms with E-state index in [4.69, 9.17) is 4.74 Å². The summed E-state index contributed by atoms with van der Waals surface area (Å²) in [5.74, 6) is 0.946. The van der Waals surface area contributed by atoms with Gasteiger partial charge in [0.2, 0.25) is 0 Å². The molecule has 1 aromatic rings. The van der Waals surface area contributed by atoms with Gasteiger partial charge in [0.1, 0.15) is 11.9 Å². The van der Waals surface area contributed by atoms with Gasteiger partial charge in [-0.25, -0.2) is 4.98 Å². The molecule has 2 heterocycles. The third kappa shape index (κ3) is 1.73. The van der Waals surface area contributed by atoms with Crippen LogP contribution in [0.3, 0.4) is 0 Å². The van der Waals surface area contributed by atoms with Crippen molar-refractivity contribution in [3.63, 3.8) is 0 Å². The van der Waals surface area contributed by atoms with Gasteiger partial charge in [-0.05, 0) is 13.8 Å². The minimum atomic E-state index is 0.0983. The highest BCUT2D eigenvalue weighted by atomic mass is 16.5. The SMILES string of the molecule is Cc1nc(C2CNCCO2)[nH]c1C. The summed E-state index contributed by atoms with van der Waals surface area (Å²) in [7, 11) is 0. The summed E-state index contributed by atoms with van der Waals surface area (Å²) in [6, 6.07) is 0. The van der Waals surface area contributed by atoms with Crippen LogP contribution in [0.1, 0.15) is 23.3 Å². The molecule has 1 aliphatic heterocycles. The van der Waals surface area contributed by atoms with Gasteiger partial charge in [0.25, 0.3) is 0 Å². The summed E-state index contributed by atoms with van der Waals surface area (Å²) < 4.78 is 5.58. The summed E-state index contributed by atoms with van der Waals surface area (Å²) >= 11 is 0.